The zero-order chi connectivity index (χ0) is 19.8. The molecule has 0 aliphatic heterocycles. The van der Waals surface area contributed by atoms with Gasteiger partial charge in [-0.1, -0.05) is 102 Å². The van der Waals surface area contributed by atoms with E-state index in [0.717, 1.165) is 10.6 Å². The fourth-order valence-electron chi connectivity index (χ4n) is 3.30. The van der Waals surface area contributed by atoms with Crippen molar-refractivity contribution in [3.8, 4) is 22.3 Å². The van der Waals surface area contributed by atoms with Crippen LogP contribution in [0.2, 0.25) is 5.02 Å². The van der Waals surface area contributed by atoms with Gasteiger partial charge < -0.3 is 0 Å². The molecule has 0 radical (unpaired) electrons. The summed E-state index contributed by atoms with van der Waals surface area (Å²) in [6.45, 7) is 13.5. The van der Waals surface area contributed by atoms with Gasteiger partial charge in [-0.2, -0.15) is 0 Å². The Kier molecular flexibility index (Phi) is 5.23. The first-order chi connectivity index (χ1) is 12.6. The summed E-state index contributed by atoms with van der Waals surface area (Å²) in [5.74, 6) is 0. The summed E-state index contributed by atoms with van der Waals surface area (Å²) >= 11 is 6.71. The predicted octanol–water partition coefficient (Wildman–Crippen LogP) is 8.27. The van der Waals surface area contributed by atoms with Gasteiger partial charge in [0.1, 0.15) is 0 Å². The SMILES string of the molecule is CC(C)(C)c1ccc(Cl)c(-c2cc(C(C)(C)C)ccc2-c2ccccc2)c1. The van der Waals surface area contributed by atoms with Gasteiger partial charge in [-0.05, 0) is 56.8 Å². The smallest absolute Gasteiger partial charge is 0.0484 e. The average molecular weight is 377 g/mol. The number of halogens is 1. The molecule has 0 bridgehead atoms. The maximum atomic E-state index is 6.71. The Labute approximate surface area is 169 Å². The molecule has 1 heteroatoms. The largest absolute Gasteiger partial charge is 0.0837 e. The summed E-state index contributed by atoms with van der Waals surface area (Å²) < 4.78 is 0. The molecule has 0 N–H and O–H groups in total. The first kappa shape index (κ1) is 19.7. The molecule has 0 fully saturated rings. The Morgan fingerprint density at radius 3 is 1.63 bits per heavy atom. The fraction of sp³-hybridized carbons (Fsp3) is 0.308. The topological polar surface area (TPSA) is 0 Å². The van der Waals surface area contributed by atoms with Crippen LogP contribution in [0.1, 0.15) is 52.7 Å². The molecule has 0 unspecified atom stereocenters. The van der Waals surface area contributed by atoms with Crippen LogP contribution in [0.25, 0.3) is 22.3 Å². The fourth-order valence-corrected chi connectivity index (χ4v) is 3.52. The average Bonchev–Trinajstić information content (AvgIpc) is 2.60. The zero-order valence-electron chi connectivity index (χ0n) is 17.2. The van der Waals surface area contributed by atoms with E-state index in [2.05, 4.69) is 102 Å². The molecule has 0 saturated carbocycles. The van der Waals surface area contributed by atoms with Gasteiger partial charge in [0, 0.05) is 10.6 Å². The van der Waals surface area contributed by atoms with E-state index in [0.29, 0.717) is 0 Å². The van der Waals surface area contributed by atoms with Gasteiger partial charge in [0.2, 0.25) is 0 Å². The summed E-state index contributed by atoms with van der Waals surface area (Å²) in [5.41, 5.74) is 7.50. The van der Waals surface area contributed by atoms with Crippen LogP contribution in [0.3, 0.4) is 0 Å². The van der Waals surface area contributed by atoms with Crippen LogP contribution in [0.15, 0.2) is 66.7 Å². The molecule has 3 aromatic rings. The van der Waals surface area contributed by atoms with Crippen LogP contribution in [-0.4, -0.2) is 0 Å². The van der Waals surface area contributed by atoms with Gasteiger partial charge >= 0.3 is 0 Å². The molecule has 3 rings (SSSR count). The van der Waals surface area contributed by atoms with Crippen molar-refractivity contribution in [2.24, 2.45) is 0 Å². The van der Waals surface area contributed by atoms with Gasteiger partial charge in [0.05, 0.1) is 0 Å². The lowest BCUT2D eigenvalue weighted by Crippen LogP contribution is -2.12. The van der Waals surface area contributed by atoms with Crippen LogP contribution < -0.4 is 0 Å². The molecule has 0 aliphatic rings. The zero-order valence-corrected chi connectivity index (χ0v) is 18.0. The molecule has 27 heavy (non-hydrogen) atoms. The van der Waals surface area contributed by atoms with E-state index in [1.165, 1.54) is 27.8 Å². The molecular weight excluding hydrogens is 348 g/mol. The first-order valence-electron chi connectivity index (χ1n) is 9.58. The molecule has 3 aromatic carbocycles. The van der Waals surface area contributed by atoms with Crippen LogP contribution in [0.4, 0.5) is 0 Å². The van der Waals surface area contributed by atoms with Gasteiger partial charge in [-0.25, -0.2) is 0 Å². The van der Waals surface area contributed by atoms with Crippen molar-refractivity contribution in [3.63, 3.8) is 0 Å². The van der Waals surface area contributed by atoms with E-state index < -0.39 is 0 Å². The van der Waals surface area contributed by atoms with Crippen molar-refractivity contribution in [2.75, 3.05) is 0 Å². The van der Waals surface area contributed by atoms with Gasteiger partial charge in [-0.15, -0.1) is 0 Å². The molecule has 0 heterocycles. The van der Waals surface area contributed by atoms with Gasteiger partial charge in [-0.3, -0.25) is 0 Å². The second-order valence-electron chi connectivity index (χ2n) is 9.32. The van der Waals surface area contributed by atoms with E-state index in [-0.39, 0.29) is 10.8 Å². The monoisotopic (exact) mass is 376 g/mol. The van der Waals surface area contributed by atoms with Gasteiger partial charge in [0.25, 0.3) is 0 Å². The normalized spacial score (nSPS) is 12.3. The molecule has 0 atom stereocenters. The second kappa shape index (κ2) is 7.17. The number of hydrogen-bond acceptors (Lipinski definition) is 0. The molecule has 140 valence electrons. The lowest BCUT2D eigenvalue weighted by atomic mass is 9.81. The lowest BCUT2D eigenvalue weighted by Gasteiger charge is -2.24. The highest BCUT2D eigenvalue weighted by molar-refractivity contribution is 6.33. The number of benzene rings is 3. The van der Waals surface area contributed by atoms with E-state index in [9.17, 15) is 0 Å². The van der Waals surface area contributed by atoms with Crippen molar-refractivity contribution in [3.05, 3.63) is 82.9 Å². The third-order valence-electron chi connectivity index (χ3n) is 5.09. The van der Waals surface area contributed by atoms with Crippen molar-refractivity contribution in [1.29, 1.82) is 0 Å². The van der Waals surface area contributed by atoms with Crippen molar-refractivity contribution in [1.82, 2.24) is 0 Å². The summed E-state index contributed by atoms with van der Waals surface area (Å²) in [5, 5.41) is 0.797. The summed E-state index contributed by atoms with van der Waals surface area (Å²) in [4.78, 5) is 0. The maximum absolute atomic E-state index is 6.71. The van der Waals surface area contributed by atoms with Crippen LogP contribution >= 0.6 is 11.6 Å². The number of hydrogen-bond donors (Lipinski definition) is 0. The molecule has 0 aliphatic carbocycles. The summed E-state index contributed by atoms with van der Waals surface area (Å²) in [7, 11) is 0. The van der Waals surface area contributed by atoms with Gasteiger partial charge in [0.15, 0.2) is 0 Å². The Morgan fingerprint density at radius 2 is 1.07 bits per heavy atom. The minimum Gasteiger partial charge on any atom is -0.0837 e. The number of rotatable bonds is 2. The Bertz CT molecular complexity index is 938. The highest BCUT2D eigenvalue weighted by atomic mass is 35.5. The highest BCUT2D eigenvalue weighted by Crippen LogP contribution is 2.40. The van der Waals surface area contributed by atoms with Crippen LogP contribution in [0, 0.1) is 0 Å². The molecule has 0 aromatic heterocycles. The molecule has 0 amide bonds. The second-order valence-corrected chi connectivity index (χ2v) is 9.73. The van der Waals surface area contributed by atoms with Crippen LogP contribution in [0.5, 0.6) is 0 Å². The Hall–Kier alpha value is -2.05. The van der Waals surface area contributed by atoms with E-state index in [1.54, 1.807) is 0 Å². The summed E-state index contributed by atoms with van der Waals surface area (Å²) in [6, 6.07) is 23.8. The van der Waals surface area contributed by atoms with E-state index in [4.69, 9.17) is 11.6 Å². The minimum absolute atomic E-state index is 0.0773. The molecule has 0 saturated heterocycles. The molecular formula is C26H29Cl. The van der Waals surface area contributed by atoms with Crippen molar-refractivity contribution < 1.29 is 0 Å². The Morgan fingerprint density at radius 1 is 0.556 bits per heavy atom. The minimum atomic E-state index is 0.0773. The van der Waals surface area contributed by atoms with Crippen molar-refractivity contribution >= 4 is 11.6 Å². The third kappa shape index (κ3) is 4.28. The highest BCUT2D eigenvalue weighted by Gasteiger charge is 2.20. The first-order valence-corrected chi connectivity index (χ1v) is 9.95. The predicted molar refractivity (Wildman–Crippen MR) is 120 cm³/mol. The molecule has 0 spiro atoms. The van der Waals surface area contributed by atoms with E-state index >= 15 is 0 Å². The standard InChI is InChI=1S/C26H29Cl/c1-25(2,3)19-12-14-21(18-10-8-7-9-11-18)22(16-19)23-17-20(26(4,5)6)13-15-24(23)27/h7-17H,1-6H3. The Balaban J connectivity index is 2.30. The summed E-state index contributed by atoms with van der Waals surface area (Å²) in [6.07, 6.45) is 0. The van der Waals surface area contributed by atoms with E-state index in [1.807, 2.05) is 6.07 Å². The van der Waals surface area contributed by atoms with Crippen LogP contribution in [-0.2, 0) is 10.8 Å². The quantitative estimate of drug-likeness (QED) is 0.422. The third-order valence-corrected chi connectivity index (χ3v) is 5.42. The lowest BCUT2D eigenvalue weighted by molar-refractivity contribution is 0.589. The maximum Gasteiger partial charge on any atom is 0.0484 e. The molecule has 0 nitrogen and oxygen atoms in total. The van der Waals surface area contributed by atoms with Crippen molar-refractivity contribution in [2.45, 2.75) is 52.4 Å².